The van der Waals surface area contributed by atoms with Crippen molar-refractivity contribution in [1.82, 2.24) is 5.32 Å². The highest BCUT2D eigenvalue weighted by molar-refractivity contribution is 5.84. The quantitative estimate of drug-likeness (QED) is 0.478. The summed E-state index contributed by atoms with van der Waals surface area (Å²) in [5.74, 6) is -1.16. The predicted molar refractivity (Wildman–Crippen MR) is 43.8 cm³/mol. The summed E-state index contributed by atoms with van der Waals surface area (Å²) in [6.45, 7) is 2.13. The lowest BCUT2D eigenvalue weighted by Crippen LogP contribution is -2.40. The van der Waals surface area contributed by atoms with Gasteiger partial charge >= 0.3 is 5.97 Å². The Balaban J connectivity index is 3.87. The number of carboxylic acid groups (broad SMARTS) is 1. The van der Waals surface area contributed by atoms with Gasteiger partial charge in [0, 0.05) is 19.5 Å². The van der Waals surface area contributed by atoms with E-state index in [0.717, 1.165) is 0 Å². The maximum Gasteiger partial charge on any atom is 0.321 e. The van der Waals surface area contributed by atoms with E-state index in [9.17, 15) is 9.59 Å². The van der Waals surface area contributed by atoms with Crippen molar-refractivity contribution in [2.75, 3.05) is 13.1 Å². The Morgan fingerprint density at radius 1 is 1.58 bits per heavy atom. The summed E-state index contributed by atoms with van der Waals surface area (Å²) in [4.78, 5) is 21.1. The number of carbonyl (C=O) groups is 2. The Bertz CT molecular complexity index is 170. The third kappa shape index (κ3) is 4.81. The molecule has 1 atom stereocenters. The molecule has 5 nitrogen and oxygen atoms in total. The first kappa shape index (κ1) is 11.1. The topological polar surface area (TPSA) is 92.4 Å². The van der Waals surface area contributed by atoms with Crippen molar-refractivity contribution in [2.24, 2.45) is 5.73 Å². The average molecular weight is 174 g/mol. The molecule has 0 fully saturated rings. The van der Waals surface area contributed by atoms with Crippen molar-refractivity contribution in [3.05, 3.63) is 0 Å². The second-order valence-corrected chi connectivity index (χ2v) is 2.54. The van der Waals surface area contributed by atoms with Crippen LogP contribution in [0.3, 0.4) is 0 Å². The minimum atomic E-state index is -1.02. The lowest BCUT2D eigenvalue weighted by Gasteiger charge is -2.11. The molecule has 0 amide bonds. The van der Waals surface area contributed by atoms with E-state index in [2.05, 4.69) is 5.32 Å². The second-order valence-electron chi connectivity index (χ2n) is 2.54. The maximum atomic E-state index is 10.6. The molecule has 0 aliphatic rings. The second kappa shape index (κ2) is 5.68. The minimum Gasteiger partial charge on any atom is -0.480 e. The van der Waals surface area contributed by atoms with Crippen LogP contribution in [-0.4, -0.2) is 36.0 Å². The van der Waals surface area contributed by atoms with Gasteiger partial charge in [-0.05, 0) is 6.92 Å². The smallest absolute Gasteiger partial charge is 0.321 e. The first-order chi connectivity index (χ1) is 5.57. The molecule has 0 aromatic heterocycles. The Labute approximate surface area is 70.9 Å². The van der Waals surface area contributed by atoms with Crippen LogP contribution in [0.5, 0.6) is 0 Å². The average Bonchev–Trinajstić information content (AvgIpc) is 1.96. The molecule has 4 N–H and O–H groups in total. The zero-order chi connectivity index (χ0) is 9.56. The van der Waals surface area contributed by atoms with Crippen LogP contribution >= 0.6 is 0 Å². The molecule has 0 radical (unpaired) electrons. The Morgan fingerprint density at radius 2 is 2.17 bits per heavy atom. The Kier molecular flexibility index (Phi) is 5.23. The lowest BCUT2D eigenvalue weighted by atomic mass is 10.1. The van der Waals surface area contributed by atoms with Gasteiger partial charge in [0.25, 0.3) is 0 Å². The molecular weight excluding hydrogens is 160 g/mol. The third-order valence-electron chi connectivity index (χ3n) is 1.32. The molecular formula is C7H14N2O3. The molecule has 0 saturated carbocycles. The number of hydrogen-bond donors (Lipinski definition) is 3. The SMILES string of the molecule is CC(=O)CC(NCCN)C(=O)O. The minimum absolute atomic E-state index is 0.00926. The molecule has 1 unspecified atom stereocenters. The van der Waals surface area contributed by atoms with Crippen LogP contribution in [0.25, 0.3) is 0 Å². The van der Waals surface area contributed by atoms with Gasteiger partial charge in [0.15, 0.2) is 0 Å². The molecule has 0 spiro atoms. The molecule has 0 aliphatic heterocycles. The molecule has 5 heteroatoms. The molecule has 0 heterocycles. The zero-order valence-corrected chi connectivity index (χ0v) is 7.04. The van der Waals surface area contributed by atoms with E-state index >= 15 is 0 Å². The number of ketones is 1. The first-order valence-electron chi connectivity index (χ1n) is 3.73. The van der Waals surface area contributed by atoms with E-state index in [0.29, 0.717) is 13.1 Å². The summed E-state index contributed by atoms with van der Waals surface area (Å²) in [6, 6.07) is -0.800. The molecule has 0 aromatic rings. The van der Waals surface area contributed by atoms with Crippen LogP contribution in [0, 0.1) is 0 Å². The van der Waals surface area contributed by atoms with Crippen molar-refractivity contribution in [2.45, 2.75) is 19.4 Å². The summed E-state index contributed by atoms with van der Waals surface area (Å²) in [7, 11) is 0. The van der Waals surface area contributed by atoms with E-state index in [-0.39, 0.29) is 12.2 Å². The van der Waals surface area contributed by atoms with Crippen LogP contribution in [0.1, 0.15) is 13.3 Å². The number of aliphatic carboxylic acids is 1. The van der Waals surface area contributed by atoms with Gasteiger partial charge in [-0.25, -0.2) is 0 Å². The summed E-state index contributed by atoms with van der Waals surface area (Å²) >= 11 is 0. The van der Waals surface area contributed by atoms with Gasteiger partial charge in [-0.1, -0.05) is 0 Å². The van der Waals surface area contributed by atoms with Crippen LogP contribution in [0.2, 0.25) is 0 Å². The number of carbonyl (C=O) groups excluding carboxylic acids is 1. The van der Waals surface area contributed by atoms with Crippen molar-refractivity contribution in [3.8, 4) is 0 Å². The van der Waals surface area contributed by atoms with Gasteiger partial charge in [-0.3, -0.25) is 9.59 Å². The van der Waals surface area contributed by atoms with Crippen LogP contribution < -0.4 is 11.1 Å². The molecule has 0 saturated heterocycles. The summed E-state index contributed by atoms with van der Waals surface area (Å²) in [6.07, 6.45) is 0.00926. The Morgan fingerprint density at radius 3 is 2.50 bits per heavy atom. The third-order valence-corrected chi connectivity index (χ3v) is 1.32. The van der Waals surface area contributed by atoms with E-state index in [1.54, 1.807) is 0 Å². The fraction of sp³-hybridized carbons (Fsp3) is 0.714. The molecule has 12 heavy (non-hydrogen) atoms. The number of rotatable bonds is 6. The van der Waals surface area contributed by atoms with E-state index in [1.807, 2.05) is 0 Å². The number of Topliss-reactive ketones (excluding diaryl/α,β-unsaturated/α-hetero) is 1. The molecule has 0 rings (SSSR count). The van der Waals surface area contributed by atoms with Gasteiger partial charge in [0.2, 0.25) is 0 Å². The summed E-state index contributed by atoms with van der Waals surface area (Å²) in [5.41, 5.74) is 5.17. The fourth-order valence-electron chi connectivity index (χ4n) is 0.792. The molecule has 0 aliphatic carbocycles. The summed E-state index contributed by atoms with van der Waals surface area (Å²) in [5, 5.41) is 11.2. The standard InChI is InChI=1S/C7H14N2O3/c1-5(10)4-6(7(11)12)9-3-2-8/h6,9H,2-4,8H2,1H3,(H,11,12). The molecule has 0 aromatic carbocycles. The van der Waals surface area contributed by atoms with Crippen molar-refractivity contribution < 1.29 is 14.7 Å². The van der Waals surface area contributed by atoms with Crippen LogP contribution in [0.15, 0.2) is 0 Å². The van der Waals surface area contributed by atoms with Crippen molar-refractivity contribution in [1.29, 1.82) is 0 Å². The van der Waals surface area contributed by atoms with Gasteiger partial charge in [-0.15, -0.1) is 0 Å². The highest BCUT2D eigenvalue weighted by Crippen LogP contribution is 1.92. The van der Waals surface area contributed by atoms with Gasteiger partial charge in [0.1, 0.15) is 11.8 Å². The normalized spacial score (nSPS) is 12.5. The number of hydrogen-bond acceptors (Lipinski definition) is 4. The Hall–Kier alpha value is -0.940. The predicted octanol–water partition coefficient (Wildman–Crippen LogP) is -1.03. The highest BCUT2D eigenvalue weighted by atomic mass is 16.4. The van der Waals surface area contributed by atoms with Gasteiger partial charge in [0.05, 0.1) is 0 Å². The molecule has 70 valence electrons. The first-order valence-corrected chi connectivity index (χ1v) is 3.73. The zero-order valence-electron chi connectivity index (χ0n) is 7.04. The summed E-state index contributed by atoms with van der Waals surface area (Å²) < 4.78 is 0. The van der Waals surface area contributed by atoms with E-state index in [4.69, 9.17) is 10.8 Å². The van der Waals surface area contributed by atoms with Crippen molar-refractivity contribution >= 4 is 11.8 Å². The lowest BCUT2D eigenvalue weighted by molar-refractivity contribution is -0.141. The van der Waals surface area contributed by atoms with Crippen LogP contribution in [-0.2, 0) is 9.59 Å². The van der Waals surface area contributed by atoms with Crippen LogP contribution in [0.4, 0.5) is 0 Å². The number of nitrogens with two attached hydrogens (primary N) is 1. The van der Waals surface area contributed by atoms with E-state index in [1.165, 1.54) is 6.92 Å². The van der Waals surface area contributed by atoms with E-state index < -0.39 is 12.0 Å². The van der Waals surface area contributed by atoms with Crippen molar-refractivity contribution in [3.63, 3.8) is 0 Å². The van der Waals surface area contributed by atoms with Gasteiger partial charge < -0.3 is 16.2 Å². The largest absolute Gasteiger partial charge is 0.480 e. The van der Waals surface area contributed by atoms with Gasteiger partial charge in [-0.2, -0.15) is 0 Å². The number of carboxylic acids is 1. The monoisotopic (exact) mass is 174 g/mol. The fourth-order valence-corrected chi connectivity index (χ4v) is 0.792. The maximum absolute atomic E-state index is 10.6. The number of nitrogens with one attached hydrogen (secondary N) is 1. The highest BCUT2D eigenvalue weighted by Gasteiger charge is 2.17. The molecule has 0 bridgehead atoms.